The van der Waals surface area contributed by atoms with E-state index < -0.39 is 0 Å². The number of nitrogens with zero attached hydrogens (tertiary/aromatic N) is 6. The molecule has 0 aliphatic carbocycles. The summed E-state index contributed by atoms with van der Waals surface area (Å²) in [6.07, 6.45) is 6.80. The number of fused-ring (bicyclic) bond motifs is 1. The minimum absolute atomic E-state index is 0.190. The summed E-state index contributed by atoms with van der Waals surface area (Å²) in [6, 6.07) is 10.9. The molecule has 0 saturated carbocycles. The molecule has 2 aromatic heterocycles. The van der Waals surface area contributed by atoms with Gasteiger partial charge in [-0.2, -0.15) is 5.26 Å². The molecule has 31 heavy (non-hydrogen) atoms. The molecule has 0 bridgehead atoms. The molecule has 4 rings (SSSR count). The maximum Gasteiger partial charge on any atom is 0.134 e. The SMILES string of the molecule is CCc1cc(C(C#N)N2CCC(C)(C)CC2)ccc1N(C)c1cc2c(cn1)ncn2C. The minimum Gasteiger partial charge on any atom is -0.334 e. The Bertz CT molecular complexity index is 1110. The quantitative estimate of drug-likeness (QED) is 0.587. The van der Waals surface area contributed by atoms with Gasteiger partial charge in [0.1, 0.15) is 17.4 Å². The minimum atomic E-state index is -0.190. The number of likely N-dealkylation sites (tertiary alicyclic amines) is 1. The number of hydrogen-bond donors (Lipinski definition) is 0. The van der Waals surface area contributed by atoms with E-state index in [1.54, 1.807) is 0 Å². The van der Waals surface area contributed by atoms with Gasteiger partial charge in [0.15, 0.2) is 0 Å². The summed E-state index contributed by atoms with van der Waals surface area (Å²) >= 11 is 0. The van der Waals surface area contributed by atoms with E-state index in [1.165, 1.54) is 5.56 Å². The fourth-order valence-corrected chi connectivity index (χ4v) is 4.47. The van der Waals surface area contributed by atoms with Gasteiger partial charge in [0.25, 0.3) is 0 Å². The normalized spacial score (nSPS) is 17.4. The summed E-state index contributed by atoms with van der Waals surface area (Å²) in [5.41, 5.74) is 5.77. The molecule has 0 radical (unpaired) electrons. The summed E-state index contributed by atoms with van der Waals surface area (Å²) in [5, 5.41) is 9.97. The van der Waals surface area contributed by atoms with Crippen molar-refractivity contribution in [2.75, 3.05) is 25.0 Å². The molecule has 0 N–H and O–H groups in total. The van der Waals surface area contributed by atoms with Gasteiger partial charge < -0.3 is 9.47 Å². The maximum atomic E-state index is 9.97. The number of aryl methyl sites for hydroxylation is 2. The summed E-state index contributed by atoms with van der Waals surface area (Å²) in [6.45, 7) is 8.76. The molecule has 1 aliphatic heterocycles. The Morgan fingerprint density at radius 1 is 1.19 bits per heavy atom. The number of rotatable bonds is 5. The van der Waals surface area contributed by atoms with Gasteiger partial charge in [0.2, 0.25) is 0 Å². The smallest absolute Gasteiger partial charge is 0.134 e. The first-order chi connectivity index (χ1) is 14.8. The van der Waals surface area contributed by atoms with Crippen molar-refractivity contribution in [3.63, 3.8) is 0 Å². The summed E-state index contributed by atoms with van der Waals surface area (Å²) < 4.78 is 2.01. The number of nitriles is 1. The maximum absolute atomic E-state index is 9.97. The summed E-state index contributed by atoms with van der Waals surface area (Å²) in [5.74, 6) is 0.883. The second kappa shape index (κ2) is 8.32. The molecule has 1 unspecified atom stereocenters. The summed E-state index contributed by atoms with van der Waals surface area (Å²) in [7, 11) is 4.04. The lowest BCUT2D eigenvalue weighted by Gasteiger charge is -2.39. The van der Waals surface area contributed by atoms with Crippen LogP contribution in [0.3, 0.4) is 0 Å². The van der Waals surface area contributed by atoms with Gasteiger partial charge in [-0.05, 0) is 41.9 Å². The van der Waals surface area contributed by atoms with Crippen molar-refractivity contribution in [2.45, 2.75) is 46.1 Å². The highest BCUT2D eigenvalue weighted by Gasteiger charge is 2.30. The zero-order valence-corrected chi connectivity index (χ0v) is 19.3. The van der Waals surface area contributed by atoms with Gasteiger partial charge in [-0.1, -0.05) is 32.9 Å². The second-order valence-corrected chi connectivity index (χ2v) is 9.42. The molecule has 6 nitrogen and oxygen atoms in total. The van der Waals surface area contributed by atoms with E-state index in [0.717, 1.165) is 60.5 Å². The van der Waals surface area contributed by atoms with Crippen molar-refractivity contribution < 1.29 is 0 Å². The predicted molar refractivity (Wildman–Crippen MR) is 125 cm³/mol. The Balaban J connectivity index is 1.62. The van der Waals surface area contributed by atoms with Crippen molar-refractivity contribution >= 4 is 22.5 Å². The van der Waals surface area contributed by atoms with Crippen LogP contribution in [-0.4, -0.2) is 39.6 Å². The Hall–Kier alpha value is -2.91. The number of imidazole rings is 1. The average molecular weight is 417 g/mol. The fraction of sp³-hybridized carbons (Fsp3) is 0.480. The van der Waals surface area contributed by atoms with Crippen LogP contribution in [0.5, 0.6) is 0 Å². The molecule has 1 saturated heterocycles. The highest BCUT2D eigenvalue weighted by Crippen LogP contribution is 2.35. The van der Waals surface area contributed by atoms with E-state index in [0.29, 0.717) is 5.41 Å². The largest absolute Gasteiger partial charge is 0.334 e. The van der Waals surface area contributed by atoms with E-state index in [-0.39, 0.29) is 6.04 Å². The summed E-state index contributed by atoms with van der Waals surface area (Å²) in [4.78, 5) is 13.4. The lowest BCUT2D eigenvalue weighted by molar-refractivity contribution is 0.113. The molecule has 3 aromatic rings. The molecule has 3 heterocycles. The monoisotopic (exact) mass is 416 g/mol. The molecular formula is C25H32N6. The first-order valence-electron chi connectivity index (χ1n) is 11.1. The molecule has 162 valence electrons. The number of anilines is 2. The molecule has 1 atom stereocenters. The number of piperidine rings is 1. The lowest BCUT2D eigenvalue weighted by Crippen LogP contribution is -2.39. The van der Waals surface area contributed by atoms with E-state index >= 15 is 0 Å². The Morgan fingerprint density at radius 2 is 1.94 bits per heavy atom. The van der Waals surface area contributed by atoms with Crippen LogP contribution in [0.15, 0.2) is 36.8 Å². The van der Waals surface area contributed by atoms with Crippen LogP contribution in [0, 0.1) is 16.7 Å². The first-order valence-corrected chi connectivity index (χ1v) is 11.1. The first kappa shape index (κ1) is 21.3. The molecule has 1 aliphatic rings. The van der Waals surface area contributed by atoms with Crippen LogP contribution in [0.4, 0.5) is 11.5 Å². The highest BCUT2D eigenvalue weighted by atomic mass is 15.2. The fourth-order valence-electron chi connectivity index (χ4n) is 4.47. The van der Waals surface area contributed by atoms with Crippen molar-refractivity contribution in [3.05, 3.63) is 47.9 Å². The molecule has 0 amide bonds. The van der Waals surface area contributed by atoms with Crippen LogP contribution in [0.25, 0.3) is 11.0 Å². The van der Waals surface area contributed by atoms with Crippen LogP contribution in [0.1, 0.15) is 50.8 Å². The average Bonchev–Trinajstić information content (AvgIpc) is 3.15. The van der Waals surface area contributed by atoms with Gasteiger partial charge in [-0.25, -0.2) is 9.97 Å². The zero-order valence-electron chi connectivity index (χ0n) is 19.3. The van der Waals surface area contributed by atoms with Crippen molar-refractivity contribution in [1.29, 1.82) is 5.26 Å². The van der Waals surface area contributed by atoms with Crippen LogP contribution in [-0.2, 0) is 13.5 Å². The van der Waals surface area contributed by atoms with E-state index in [4.69, 9.17) is 0 Å². The Morgan fingerprint density at radius 3 is 2.61 bits per heavy atom. The van der Waals surface area contributed by atoms with Crippen molar-refractivity contribution in [1.82, 2.24) is 19.4 Å². The van der Waals surface area contributed by atoms with Crippen LogP contribution < -0.4 is 4.90 Å². The van der Waals surface area contributed by atoms with Gasteiger partial charge in [0.05, 0.1) is 24.1 Å². The van der Waals surface area contributed by atoms with Gasteiger partial charge >= 0.3 is 0 Å². The molecule has 0 spiro atoms. The topological polar surface area (TPSA) is 61.0 Å². The Labute approximate surface area is 185 Å². The van der Waals surface area contributed by atoms with Gasteiger partial charge in [-0.15, -0.1) is 0 Å². The lowest BCUT2D eigenvalue weighted by atomic mass is 9.82. The number of benzene rings is 1. The van der Waals surface area contributed by atoms with Crippen molar-refractivity contribution in [3.8, 4) is 6.07 Å². The predicted octanol–water partition coefficient (Wildman–Crippen LogP) is 4.99. The standard InChI is InChI=1S/C25H32N6/c1-6-18-13-19(23(15-26)31-11-9-25(2,3)10-12-31)7-8-21(18)30(5)24-14-22-20(16-27-24)28-17-29(22)4/h7-8,13-14,16-17,23H,6,9-12H2,1-5H3. The highest BCUT2D eigenvalue weighted by molar-refractivity contribution is 5.79. The molecule has 1 fully saturated rings. The molecule has 1 aromatic carbocycles. The third-order valence-electron chi connectivity index (χ3n) is 6.74. The van der Waals surface area contributed by atoms with E-state index in [2.05, 4.69) is 70.9 Å². The number of hydrogen-bond acceptors (Lipinski definition) is 5. The second-order valence-electron chi connectivity index (χ2n) is 9.42. The molecule has 6 heteroatoms. The van der Waals surface area contributed by atoms with Gasteiger partial charge in [-0.3, -0.25) is 4.90 Å². The van der Waals surface area contributed by atoms with Crippen molar-refractivity contribution in [2.24, 2.45) is 12.5 Å². The third-order valence-corrected chi connectivity index (χ3v) is 6.74. The number of aromatic nitrogens is 3. The van der Waals surface area contributed by atoms with Crippen LogP contribution in [0.2, 0.25) is 0 Å². The van der Waals surface area contributed by atoms with Gasteiger partial charge in [0, 0.05) is 38.9 Å². The third kappa shape index (κ3) is 4.15. The number of pyridine rings is 1. The van der Waals surface area contributed by atoms with Crippen LogP contribution >= 0.6 is 0 Å². The van der Waals surface area contributed by atoms with E-state index in [1.807, 2.05) is 31.2 Å². The zero-order chi connectivity index (χ0) is 22.2. The molecular weight excluding hydrogens is 384 g/mol. The Kier molecular flexibility index (Phi) is 5.72. The van der Waals surface area contributed by atoms with E-state index in [9.17, 15) is 5.26 Å².